The van der Waals surface area contributed by atoms with Crippen molar-refractivity contribution in [2.45, 2.75) is 37.8 Å². The lowest BCUT2D eigenvalue weighted by Crippen LogP contribution is -2.44. The van der Waals surface area contributed by atoms with E-state index in [1.807, 2.05) is 0 Å². The van der Waals surface area contributed by atoms with Crippen molar-refractivity contribution in [1.29, 1.82) is 0 Å². The Morgan fingerprint density at radius 1 is 1.33 bits per heavy atom. The number of halogens is 1. The molecule has 1 aliphatic heterocycles. The van der Waals surface area contributed by atoms with Crippen molar-refractivity contribution in [1.82, 2.24) is 14.8 Å². The quantitative estimate of drug-likeness (QED) is 0.918. The van der Waals surface area contributed by atoms with Crippen LogP contribution in [-0.4, -0.2) is 41.1 Å². The first-order valence-corrected chi connectivity index (χ1v) is 8.80. The molecule has 2 fully saturated rings. The van der Waals surface area contributed by atoms with Crippen LogP contribution in [0.4, 0.5) is 0 Å². The number of benzene rings is 1. The van der Waals surface area contributed by atoms with Crippen LogP contribution in [0, 0.1) is 0 Å². The highest BCUT2D eigenvalue weighted by molar-refractivity contribution is 6.31. The number of nitrogens with one attached hydrogen (secondary N) is 1. The molecule has 1 saturated heterocycles. The van der Waals surface area contributed by atoms with E-state index in [2.05, 4.69) is 10.2 Å². The molecule has 0 bridgehead atoms. The maximum atomic E-state index is 12.3. The summed E-state index contributed by atoms with van der Waals surface area (Å²) in [5.74, 6) is -0.285. The van der Waals surface area contributed by atoms with E-state index >= 15 is 0 Å². The highest BCUT2D eigenvalue weighted by Crippen LogP contribution is 2.26. The van der Waals surface area contributed by atoms with Crippen molar-refractivity contribution in [3.63, 3.8) is 0 Å². The van der Waals surface area contributed by atoms with Crippen molar-refractivity contribution < 1.29 is 9.21 Å². The van der Waals surface area contributed by atoms with Crippen LogP contribution in [0.3, 0.4) is 0 Å². The van der Waals surface area contributed by atoms with Crippen LogP contribution in [0.1, 0.15) is 31.7 Å². The predicted molar refractivity (Wildman–Crippen MR) is 91.4 cm³/mol. The number of nitrogens with zero attached hydrogens (tertiary/aromatic N) is 2. The lowest BCUT2D eigenvalue weighted by atomic mass is 10.1. The first-order valence-electron chi connectivity index (χ1n) is 8.42. The molecule has 0 radical (unpaired) electrons. The molecule has 128 valence electrons. The molecule has 1 aromatic carbocycles. The molecule has 7 heteroatoms. The summed E-state index contributed by atoms with van der Waals surface area (Å²) in [5, 5.41) is 3.59. The van der Waals surface area contributed by atoms with Gasteiger partial charge in [0.1, 0.15) is 0 Å². The monoisotopic (exact) mass is 349 g/mol. The van der Waals surface area contributed by atoms with Gasteiger partial charge in [-0.25, -0.2) is 4.79 Å². The molecule has 6 nitrogen and oxygen atoms in total. The van der Waals surface area contributed by atoms with E-state index in [0.717, 1.165) is 37.7 Å². The SMILES string of the molecule is O=C(CN1CCC[C@@H](n2c(=O)oc3ccc(Cl)cc32)C1)NC1CC1. The van der Waals surface area contributed by atoms with Gasteiger partial charge in [-0.1, -0.05) is 11.6 Å². The van der Waals surface area contributed by atoms with Crippen molar-refractivity contribution in [3.8, 4) is 0 Å². The Labute approximate surface area is 144 Å². The average Bonchev–Trinajstić information content (AvgIpc) is 3.28. The van der Waals surface area contributed by atoms with Gasteiger partial charge >= 0.3 is 5.76 Å². The molecule has 4 rings (SSSR count). The zero-order valence-corrected chi connectivity index (χ0v) is 14.1. The molecule has 1 N–H and O–H groups in total. The molecule has 24 heavy (non-hydrogen) atoms. The smallest absolute Gasteiger partial charge is 0.408 e. The van der Waals surface area contributed by atoms with Gasteiger partial charge in [-0.05, 0) is 50.4 Å². The highest BCUT2D eigenvalue weighted by atomic mass is 35.5. The summed E-state index contributed by atoms with van der Waals surface area (Å²) in [7, 11) is 0. The molecule has 1 saturated carbocycles. The summed E-state index contributed by atoms with van der Waals surface area (Å²) >= 11 is 6.07. The van der Waals surface area contributed by atoms with Crippen LogP contribution >= 0.6 is 11.6 Å². The number of amides is 1. The number of fused-ring (bicyclic) bond motifs is 1. The number of aromatic nitrogens is 1. The summed E-state index contributed by atoms with van der Waals surface area (Å²) < 4.78 is 7.02. The molecule has 2 heterocycles. The fourth-order valence-electron chi connectivity index (χ4n) is 3.44. The number of rotatable bonds is 4. The van der Waals surface area contributed by atoms with Crippen molar-refractivity contribution in [3.05, 3.63) is 33.8 Å². The van der Waals surface area contributed by atoms with Crippen LogP contribution in [0.5, 0.6) is 0 Å². The van der Waals surface area contributed by atoms with Gasteiger partial charge in [-0.3, -0.25) is 14.3 Å². The number of carbonyl (C=O) groups is 1. The van der Waals surface area contributed by atoms with Gasteiger partial charge in [0.05, 0.1) is 18.1 Å². The third kappa shape index (κ3) is 3.21. The third-order valence-electron chi connectivity index (χ3n) is 4.73. The number of hydrogen-bond acceptors (Lipinski definition) is 4. The Balaban J connectivity index is 1.53. The molecule has 1 aromatic heterocycles. The van der Waals surface area contributed by atoms with Crippen molar-refractivity contribution in [2.24, 2.45) is 0 Å². The van der Waals surface area contributed by atoms with Crippen LogP contribution in [0.25, 0.3) is 11.1 Å². The highest BCUT2D eigenvalue weighted by Gasteiger charge is 2.28. The zero-order chi connectivity index (χ0) is 16.7. The van der Waals surface area contributed by atoms with Gasteiger partial charge in [-0.15, -0.1) is 0 Å². The summed E-state index contributed by atoms with van der Waals surface area (Å²) in [6.07, 6.45) is 4.01. The molecular formula is C17H20ClN3O3. The average molecular weight is 350 g/mol. The van der Waals surface area contributed by atoms with E-state index < -0.39 is 0 Å². The number of carbonyl (C=O) groups excluding carboxylic acids is 1. The van der Waals surface area contributed by atoms with Gasteiger partial charge in [0.2, 0.25) is 5.91 Å². The summed E-state index contributed by atoms with van der Waals surface area (Å²) in [6, 6.07) is 5.58. The fraction of sp³-hybridized carbons (Fsp3) is 0.529. The van der Waals surface area contributed by atoms with E-state index in [1.165, 1.54) is 0 Å². The molecule has 0 unspecified atom stereocenters. The first kappa shape index (κ1) is 15.7. The molecule has 1 atom stereocenters. The summed E-state index contributed by atoms with van der Waals surface area (Å²) in [4.78, 5) is 26.4. The lowest BCUT2D eigenvalue weighted by molar-refractivity contribution is -0.122. The normalized spacial score (nSPS) is 22.0. The number of likely N-dealkylation sites (tertiary alicyclic amines) is 1. The van der Waals surface area contributed by atoms with Crippen LogP contribution in [0.15, 0.2) is 27.4 Å². The minimum atomic E-state index is -0.360. The summed E-state index contributed by atoms with van der Waals surface area (Å²) in [5.41, 5.74) is 1.27. The van der Waals surface area contributed by atoms with E-state index in [1.54, 1.807) is 22.8 Å². The van der Waals surface area contributed by atoms with E-state index in [9.17, 15) is 9.59 Å². The zero-order valence-electron chi connectivity index (χ0n) is 13.3. The first-order chi connectivity index (χ1) is 11.6. The van der Waals surface area contributed by atoms with E-state index in [4.69, 9.17) is 16.0 Å². The lowest BCUT2D eigenvalue weighted by Gasteiger charge is -2.32. The van der Waals surface area contributed by atoms with Gasteiger partial charge in [0.25, 0.3) is 0 Å². The van der Waals surface area contributed by atoms with Gasteiger partial charge in [0, 0.05) is 17.6 Å². The van der Waals surface area contributed by atoms with E-state index in [0.29, 0.717) is 29.7 Å². The van der Waals surface area contributed by atoms with Gasteiger partial charge in [-0.2, -0.15) is 0 Å². The minimum Gasteiger partial charge on any atom is -0.408 e. The topological polar surface area (TPSA) is 67.5 Å². The summed E-state index contributed by atoms with van der Waals surface area (Å²) in [6.45, 7) is 1.93. The second-order valence-electron chi connectivity index (χ2n) is 6.72. The van der Waals surface area contributed by atoms with Crippen LogP contribution in [0.2, 0.25) is 5.02 Å². The molecule has 1 amide bonds. The van der Waals surface area contributed by atoms with Crippen LogP contribution in [-0.2, 0) is 4.79 Å². The molecule has 2 aromatic rings. The van der Waals surface area contributed by atoms with Crippen molar-refractivity contribution >= 4 is 28.6 Å². The van der Waals surface area contributed by atoms with Crippen LogP contribution < -0.4 is 11.1 Å². The Bertz CT molecular complexity index is 824. The Hall–Kier alpha value is -1.79. The van der Waals surface area contributed by atoms with Gasteiger partial charge in [0.15, 0.2) is 5.58 Å². The minimum absolute atomic E-state index is 0.000285. The number of piperidine rings is 1. The van der Waals surface area contributed by atoms with Crippen molar-refractivity contribution in [2.75, 3.05) is 19.6 Å². The second-order valence-corrected chi connectivity index (χ2v) is 7.16. The Morgan fingerprint density at radius 3 is 2.96 bits per heavy atom. The number of oxazole rings is 1. The predicted octanol–water partition coefficient (Wildman–Crippen LogP) is 2.16. The van der Waals surface area contributed by atoms with Gasteiger partial charge < -0.3 is 9.73 Å². The second kappa shape index (κ2) is 6.26. The fourth-order valence-corrected chi connectivity index (χ4v) is 3.61. The standard InChI is InChI=1S/C17H20ClN3O3/c18-11-3-6-15-14(8-11)21(17(23)24-15)13-2-1-7-20(9-13)10-16(22)19-12-4-5-12/h3,6,8,12-13H,1-2,4-5,7,9-10H2,(H,19,22)/t13-/m1/s1. The molecule has 1 aliphatic carbocycles. The third-order valence-corrected chi connectivity index (χ3v) is 4.97. The molecule has 2 aliphatic rings. The maximum absolute atomic E-state index is 12.3. The van der Waals surface area contributed by atoms with E-state index in [-0.39, 0.29) is 17.7 Å². The molecular weight excluding hydrogens is 330 g/mol. The Kier molecular flexibility index (Phi) is 4.10. The Morgan fingerprint density at radius 2 is 2.17 bits per heavy atom. The largest absolute Gasteiger partial charge is 0.420 e. The maximum Gasteiger partial charge on any atom is 0.420 e. The molecule has 0 spiro atoms. The number of hydrogen-bond donors (Lipinski definition) is 1.